The number of ether oxygens (including phenoxy) is 1. The Bertz CT molecular complexity index is 570. The monoisotopic (exact) mass is 336 g/mol. The van der Waals surface area contributed by atoms with Crippen molar-refractivity contribution in [1.29, 1.82) is 0 Å². The van der Waals surface area contributed by atoms with Crippen molar-refractivity contribution < 1.29 is 19.7 Å². The Labute approximate surface area is 145 Å². The van der Waals surface area contributed by atoms with E-state index in [1.165, 1.54) is 5.57 Å². The highest BCUT2D eigenvalue weighted by atomic mass is 16.5. The lowest BCUT2D eigenvalue weighted by Gasteiger charge is -2.61. The smallest absolute Gasteiger partial charge is 0.306 e. The van der Waals surface area contributed by atoms with Crippen molar-refractivity contribution in [2.45, 2.75) is 83.8 Å². The number of carboxylic acids is 1. The largest absolute Gasteiger partial charge is 0.481 e. The van der Waals surface area contributed by atoms with Crippen LogP contribution in [-0.4, -0.2) is 34.0 Å². The summed E-state index contributed by atoms with van der Waals surface area (Å²) in [6, 6.07) is 0. The molecule has 1 saturated carbocycles. The van der Waals surface area contributed by atoms with Gasteiger partial charge in [0.25, 0.3) is 0 Å². The number of hydrogen-bond acceptors (Lipinski definition) is 3. The average molecular weight is 336 g/mol. The predicted molar refractivity (Wildman–Crippen MR) is 92.7 cm³/mol. The van der Waals surface area contributed by atoms with Gasteiger partial charge in [0, 0.05) is 12.0 Å². The van der Waals surface area contributed by atoms with Crippen LogP contribution in [0.5, 0.6) is 0 Å². The SMILES string of the molecule is CC1=CC[C@H]2[C@@](C)(CO)CCC[C@]2(C)[C@@]12CCC(C)(CC(=O)O)O2. The van der Waals surface area contributed by atoms with Gasteiger partial charge in [-0.3, -0.25) is 4.79 Å². The molecule has 3 aliphatic rings. The minimum absolute atomic E-state index is 0.0438. The van der Waals surface area contributed by atoms with Crippen LogP contribution in [0.15, 0.2) is 11.6 Å². The van der Waals surface area contributed by atoms with Crippen LogP contribution in [0.3, 0.4) is 0 Å². The third-order valence-electron chi connectivity index (χ3n) is 7.59. The van der Waals surface area contributed by atoms with Gasteiger partial charge >= 0.3 is 5.97 Å². The lowest BCUT2D eigenvalue weighted by molar-refractivity contribution is -0.198. The minimum Gasteiger partial charge on any atom is -0.481 e. The molecule has 0 aromatic heterocycles. The van der Waals surface area contributed by atoms with Gasteiger partial charge in [0.2, 0.25) is 0 Å². The maximum atomic E-state index is 11.3. The van der Waals surface area contributed by atoms with Crippen molar-refractivity contribution in [2.24, 2.45) is 16.7 Å². The van der Waals surface area contributed by atoms with Crippen molar-refractivity contribution in [2.75, 3.05) is 6.61 Å². The Morgan fingerprint density at radius 3 is 2.58 bits per heavy atom. The molecular weight excluding hydrogens is 304 g/mol. The fourth-order valence-corrected chi connectivity index (χ4v) is 6.19. The maximum absolute atomic E-state index is 11.3. The Morgan fingerprint density at radius 1 is 1.25 bits per heavy atom. The van der Waals surface area contributed by atoms with Gasteiger partial charge in [0.05, 0.1) is 17.6 Å². The second kappa shape index (κ2) is 5.57. The van der Waals surface area contributed by atoms with Gasteiger partial charge in [0.1, 0.15) is 0 Å². The zero-order valence-electron chi connectivity index (χ0n) is 15.5. The first-order valence-corrected chi connectivity index (χ1v) is 9.31. The van der Waals surface area contributed by atoms with Gasteiger partial charge in [0.15, 0.2) is 0 Å². The summed E-state index contributed by atoms with van der Waals surface area (Å²) in [6.45, 7) is 8.85. The first kappa shape index (κ1) is 17.9. The summed E-state index contributed by atoms with van der Waals surface area (Å²) in [4.78, 5) is 11.3. The number of allylic oxidation sites excluding steroid dienone is 1. The molecule has 4 nitrogen and oxygen atoms in total. The van der Waals surface area contributed by atoms with E-state index in [0.717, 1.165) is 38.5 Å². The second-order valence-corrected chi connectivity index (χ2v) is 9.21. The molecule has 4 heteroatoms. The molecule has 24 heavy (non-hydrogen) atoms. The van der Waals surface area contributed by atoms with E-state index >= 15 is 0 Å². The van der Waals surface area contributed by atoms with E-state index in [0.29, 0.717) is 5.92 Å². The molecule has 1 aliphatic heterocycles. The molecule has 1 unspecified atom stereocenters. The molecule has 0 aromatic rings. The summed E-state index contributed by atoms with van der Waals surface area (Å²) in [6.07, 6.45) is 8.23. The van der Waals surface area contributed by atoms with Gasteiger partial charge in [-0.2, -0.15) is 0 Å². The van der Waals surface area contributed by atoms with E-state index in [9.17, 15) is 15.0 Å². The molecule has 1 spiro atoms. The van der Waals surface area contributed by atoms with Crippen molar-refractivity contribution in [3.8, 4) is 0 Å². The van der Waals surface area contributed by atoms with Gasteiger partial charge in [-0.1, -0.05) is 26.3 Å². The Morgan fingerprint density at radius 2 is 1.96 bits per heavy atom. The molecule has 5 atom stereocenters. The highest BCUT2D eigenvalue weighted by molar-refractivity contribution is 5.68. The molecule has 0 bridgehead atoms. The zero-order valence-corrected chi connectivity index (χ0v) is 15.5. The lowest BCUT2D eigenvalue weighted by Crippen LogP contribution is -2.60. The average Bonchev–Trinajstić information content (AvgIpc) is 2.83. The number of hydrogen-bond donors (Lipinski definition) is 2. The molecule has 0 aromatic carbocycles. The molecular formula is C20H32O4. The highest BCUT2D eigenvalue weighted by Crippen LogP contribution is 2.66. The topological polar surface area (TPSA) is 66.8 Å². The number of aliphatic carboxylic acids is 1. The molecule has 2 N–H and O–H groups in total. The number of rotatable bonds is 3. The minimum atomic E-state index is -0.794. The van der Waals surface area contributed by atoms with Gasteiger partial charge < -0.3 is 14.9 Å². The number of aliphatic hydroxyl groups excluding tert-OH is 1. The number of fused-ring (bicyclic) bond motifs is 2. The number of carboxylic acid groups (broad SMARTS) is 1. The summed E-state index contributed by atoms with van der Waals surface area (Å²) >= 11 is 0. The van der Waals surface area contributed by atoms with Gasteiger partial charge in [-0.15, -0.1) is 0 Å². The van der Waals surface area contributed by atoms with E-state index < -0.39 is 11.6 Å². The van der Waals surface area contributed by atoms with Crippen LogP contribution in [0.25, 0.3) is 0 Å². The van der Waals surface area contributed by atoms with Crippen LogP contribution in [0.1, 0.15) is 72.6 Å². The van der Waals surface area contributed by atoms with E-state index in [-0.39, 0.29) is 29.5 Å². The maximum Gasteiger partial charge on any atom is 0.306 e. The number of carbonyl (C=O) groups is 1. The molecule has 136 valence electrons. The molecule has 0 radical (unpaired) electrons. The Balaban J connectivity index is 2.02. The molecule has 1 saturated heterocycles. The van der Waals surface area contributed by atoms with Crippen LogP contribution in [0, 0.1) is 16.7 Å². The summed E-state index contributed by atoms with van der Waals surface area (Å²) < 4.78 is 6.68. The third-order valence-corrected chi connectivity index (χ3v) is 7.59. The van der Waals surface area contributed by atoms with Crippen molar-refractivity contribution in [3.63, 3.8) is 0 Å². The van der Waals surface area contributed by atoms with Crippen LogP contribution in [-0.2, 0) is 9.53 Å². The van der Waals surface area contributed by atoms with E-state index in [2.05, 4.69) is 26.8 Å². The van der Waals surface area contributed by atoms with Crippen molar-refractivity contribution >= 4 is 5.97 Å². The van der Waals surface area contributed by atoms with Crippen LogP contribution in [0.4, 0.5) is 0 Å². The normalized spacial score (nSPS) is 48.2. The van der Waals surface area contributed by atoms with Crippen LogP contribution >= 0.6 is 0 Å². The second-order valence-electron chi connectivity index (χ2n) is 9.21. The number of aliphatic hydroxyl groups is 1. The molecule has 3 rings (SSSR count). The predicted octanol–water partition coefficient (Wildman–Crippen LogP) is 3.92. The summed E-state index contributed by atoms with van der Waals surface area (Å²) in [7, 11) is 0. The third kappa shape index (κ3) is 2.37. The summed E-state index contributed by atoms with van der Waals surface area (Å²) in [5, 5.41) is 19.4. The Hall–Kier alpha value is -0.870. The molecule has 2 fully saturated rings. The Kier molecular flexibility index (Phi) is 4.16. The fraction of sp³-hybridized carbons (Fsp3) is 0.850. The van der Waals surface area contributed by atoms with Crippen LogP contribution in [0.2, 0.25) is 0 Å². The molecule has 1 heterocycles. The first-order valence-electron chi connectivity index (χ1n) is 9.31. The van der Waals surface area contributed by atoms with E-state index in [4.69, 9.17) is 4.74 Å². The lowest BCUT2D eigenvalue weighted by atomic mass is 9.46. The van der Waals surface area contributed by atoms with E-state index in [1.54, 1.807) is 0 Å². The molecule has 0 amide bonds. The van der Waals surface area contributed by atoms with Gasteiger partial charge in [-0.05, 0) is 62.9 Å². The van der Waals surface area contributed by atoms with Gasteiger partial charge in [-0.25, -0.2) is 0 Å². The van der Waals surface area contributed by atoms with Crippen molar-refractivity contribution in [1.82, 2.24) is 0 Å². The summed E-state index contributed by atoms with van der Waals surface area (Å²) in [5.41, 5.74) is 0.164. The fourth-order valence-electron chi connectivity index (χ4n) is 6.19. The van der Waals surface area contributed by atoms with E-state index in [1.807, 2.05) is 6.92 Å². The molecule has 2 aliphatic carbocycles. The first-order chi connectivity index (χ1) is 11.1. The van der Waals surface area contributed by atoms with Crippen LogP contribution < -0.4 is 0 Å². The standard InChI is InChI=1S/C20H32O4/c1-14-6-7-15-17(2,13-21)8-5-9-19(15,4)20(14)11-10-18(3,24-20)12-16(22)23/h6,15,21H,5,7-13H2,1-4H3,(H,22,23)/t15-,17+,18?,19-,20+/m0/s1. The quantitative estimate of drug-likeness (QED) is 0.767. The van der Waals surface area contributed by atoms with Crippen molar-refractivity contribution in [3.05, 3.63) is 11.6 Å². The highest BCUT2D eigenvalue weighted by Gasteiger charge is 2.65. The summed E-state index contributed by atoms with van der Waals surface area (Å²) in [5.74, 6) is -0.419. The zero-order chi connectivity index (χ0) is 17.8.